The fraction of sp³-hybridized carbons (Fsp3) is 0.115. The van der Waals surface area contributed by atoms with Crippen molar-refractivity contribution in [2.24, 2.45) is 4.99 Å². The molecule has 0 atom stereocenters. The number of benzene rings is 3. The Kier molecular flexibility index (Phi) is 4.92. The Morgan fingerprint density at radius 1 is 0.903 bits per heavy atom. The molecule has 152 valence electrons. The summed E-state index contributed by atoms with van der Waals surface area (Å²) in [4.78, 5) is 14.1. The molecule has 5 heteroatoms. The smallest absolute Gasteiger partial charge is 0.0900 e. The summed E-state index contributed by atoms with van der Waals surface area (Å²) in [6.45, 7) is 4.17. The monoisotopic (exact) mass is 405 g/mol. The minimum Gasteiger partial charge on any atom is -0.352 e. The zero-order chi connectivity index (χ0) is 21.2. The van der Waals surface area contributed by atoms with E-state index in [9.17, 15) is 0 Å². The summed E-state index contributed by atoms with van der Waals surface area (Å²) in [6.07, 6.45) is 3.57. The first-order valence-corrected chi connectivity index (χ1v) is 10.4. The molecule has 1 aliphatic heterocycles. The highest BCUT2D eigenvalue weighted by molar-refractivity contribution is 5.84. The van der Waals surface area contributed by atoms with Gasteiger partial charge in [0.05, 0.1) is 45.4 Å². The summed E-state index contributed by atoms with van der Waals surface area (Å²) in [5, 5.41) is 4.37. The third kappa shape index (κ3) is 3.78. The van der Waals surface area contributed by atoms with Crippen molar-refractivity contribution in [3.8, 4) is 17.1 Å². The van der Waals surface area contributed by atoms with E-state index in [4.69, 9.17) is 9.98 Å². The molecule has 0 saturated carbocycles. The first kappa shape index (κ1) is 19.0. The minimum atomic E-state index is 0.158. The number of hydrogen-bond acceptors (Lipinski definition) is 4. The standard InChI is InChI=1S/C26H23N5/c1-18(2)28-23-16-26-24(15-22(23)29-19-9-8-14-27-17-19)30-21-12-6-7-13-25(21)31(26)20-10-4-3-5-11-20/h3-18,29H,1-2H3/b28-23+. The van der Waals surface area contributed by atoms with Gasteiger partial charge in [-0.1, -0.05) is 30.3 Å². The first-order valence-electron chi connectivity index (χ1n) is 10.4. The molecule has 0 spiro atoms. The van der Waals surface area contributed by atoms with E-state index in [0.717, 1.165) is 44.8 Å². The van der Waals surface area contributed by atoms with Crippen LogP contribution in [0.5, 0.6) is 0 Å². The van der Waals surface area contributed by atoms with Crippen LogP contribution in [0.3, 0.4) is 0 Å². The lowest BCUT2D eigenvalue weighted by molar-refractivity contribution is 0.806. The zero-order valence-electron chi connectivity index (χ0n) is 17.5. The van der Waals surface area contributed by atoms with Crippen molar-refractivity contribution < 1.29 is 0 Å². The molecular formula is C26H23N5. The Morgan fingerprint density at radius 3 is 2.48 bits per heavy atom. The SMILES string of the molecule is CC(C)/N=c1\cc2n(-c3ccccc3)c3ccccc3nc-2cc1Nc1cccnc1. The molecule has 0 amide bonds. The summed E-state index contributed by atoms with van der Waals surface area (Å²) in [5.41, 5.74) is 6.84. The maximum Gasteiger partial charge on any atom is 0.0900 e. The first-order chi connectivity index (χ1) is 15.2. The number of fused-ring (bicyclic) bond motifs is 2. The summed E-state index contributed by atoms with van der Waals surface area (Å²) < 4.78 is 2.25. The van der Waals surface area contributed by atoms with Gasteiger partial charge in [-0.05, 0) is 62.4 Å². The lowest BCUT2D eigenvalue weighted by Gasteiger charge is -2.20. The average molecular weight is 406 g/mol. The van der Waals surface area contributed by atoms with Crippen molar-refractivity contribution in [3.05, 3.63) is 96.6 Å². The Hall–Kier alpha value is -3.99. The fourth-order valence-electron chi connectivity index (χ4n) is 3.77. The Bertz CT molecular complexity index is 1370. The highest BCUT2D eigenvalue weighted by Crippen LogP contribution is 2.30. The number of hydrogen-bond donors (Lipinski definition) is 1. The normalized spacial score (nSPS) is 12.0. The maximum absolute atomic E-state index is 4.97. The van der Waals surface area contributed by atoms with Gasteiger partial charge in [-0.15, -0.1) is 0 Å². The Labute approximate surface area is 181 Å². The molecule has 0 saturated heterocycles. The predicted molar refractivity (Wildman–Crippen MR) is 126 cm³/mol. The summed E-state index contributed by atoms with van der Waals surface area (Å²) in [6, 6.07) is 26.9. The quantitative estimate of drug-likeness (QED) is 0.397. The van der Waals surface area contributed by atoms with Crippen LogP contribution in [0.15, 0.2) is 96.2 Å². The van der Waals surface area contributed by atoms with E-state index < -0.39 is 0 Å². The van der Waals surface area contributed by atoms with Gasteiger partial charge in [-0.3, -0.25) is 9.98 Å². The van der Waals surface area contributed by atoms with Crippen LogP contribution in [-0.2, 0) is 0 Å². The van der Waals surface area contributed by atoms with E-state index in [1.165, 1.54) is 0 Å². The third-order valence-corrected chi connectivity index (χ3v) is 5.05. The van der Waals surface area contributed by atoms with Crippen molar-refractivity contribution in [1.29, 1.82) is 0 Å². The Balaban J connectivity index is 1.84. The van der Waals surface area contributed by atoms with Gasteiger partial charge in [0.1, 0.15) is 0 Å². The van der Waals surface area contributed by atoms with E-state index in [1.54, 1.807) is 12.4 Å². The molecule has 3 aromatic rings. The van der Waals surface area contributed by atoms with Gasteiger partial charge in [0, 0.05) is 17.9 Å². The van der Waals surface area contributed by atoms with E-state index in [2.05, 4.69) is 77.2 Å². The van der Waals surface area contributed by atoms with Crippen molar-refractivity contribution >= 4 is 22.4 Å². The van der Waals surface area contributed by atoms with Gasteiger partial charge in [0.25, 0.3) is 0 Å². The van der Waals surface area contributed by atoms with E-state index >= 15 is 0 Å². The summed E-state index contributed by atoms with van der Waals surface area (Å²) in [7, 11) is 0. The molecule has 5 rings (SSSR count). The molecule has 0 bridgehead atoms. The van der Waals surface area contributed by atoms with E-state index in [0.29, 0.717) is 0 Å². The van der Waals surface area contributed by atoms with Gasteiger partial charge in [0.15, 0.2) is 0 Å². The largest absolute Gasteiger partial charge is 0.352 e. The molecule has 1 aromatic heterocycles. The highest BCUT2D eigenvalue weighted by atomic mass is 15.0. The molecule has 1 N–H and O–H groups in total. The lowest BCUT2D eigenvalue weighted by Crippen LogP contribution is -2.16. The second-order valence-corrected chi connectivity index (χ2v) is 7.72. The number of anilines is 2. The molecule has 31 heavy (non-hydrogen) atoms. The van der Waals surface area contributed by atoms with Crippen molar-refractivity contribution in [2.45, 2.75) is 19.9 Å². The van der Waals surface area contributed by atoms with Gasteiger partial charge in [0.2, 0.25) is 0 Å². The van der Waals surface area contributed by atoms with Crippen LogP contribution in [0.1, 0.15) is 13.8 Å². The van der Waals surface area contributed by atoms with Gasteiger partial charge < -0.3 is 9.88 Å². The Morgan fingerprint density at radius 2 is 1.71 bits per heavy atom. The third-order valence-electron chi connectivity index (χ3n) is 5.05. The molecule has 5 nitrogen and oxygen atoms in total. The highest BCUT2D eigenvalue weighted by Gasteiger charge is 2.16. The molecule has 2 aromatic carbocycles. The van der Waals surface area contributed by atoms with Crippen LogP contribution >= 0.6 is 0 Å². The van der Waals surface area contributed by atoms with Crippen molar-refractivity contribution in [2.75, 3.05) is 5.32 Å². The van der Waals surface area contributed by atoms with Crippen LogP contribution in [-0.4, -0.2) is 20.6 Å². The van der Waals surface area contributed by atoms with Gasteiger partial charge in [-0.25, -0.2) is 4.98 Å². The number of para-hydroxylation sites is 3. The summed E-state index contributed by atoms with van der Waals surface area (Å²) >= 11 is 0. The van der Waals surface area contributed by atoms with Crippen LogP contribution in [0.25, 0.3) is 28.1 Å². The number of pyridine rings is 1. The summed E-state index contributed by atoms with van der Waals surface area (Å²) in [5.74, 6) is 0. The van der Waals surface area contributed by atoms with Crippen molar-refractivity contribution in [1.82, 2.24) is 14.5 Å². The molecule has 2 heterocycles. The van der Waals surface area contributed by atoms with Gasteiger partial charge >= 0.3 is 0 Å². The molecule has 0 fully saturated rings. The van der Waals surface area contributed by atoms with Crippen LogP contribution in [0.2, 0.25) is 0 Å². The maximum atomic E-state index is 4.97. The average Bonchev–Trinajstić information content (AvgIpc) is 2.79. The molecular weight excluding hydrogens is 382 g/mol. The fourth-order valence-corrected chi connectivity index (χ4v) is 3.77. The molecule has 0 radical (unpaired) electrons. The molecule has 0 unspecified atom stereocenters. The zero-order valence-corrected chi connectivity index (χ0v) is 17.5. The van der Waals surface area contributed by atoms with E-state index in [1.807, 2.05) is 30.3 Å². The predicted octanol–water partition coefficient (Wildman–Crippen LogP) is 5.58. The lowest BCUT2D eigenvalue weighted by atomic mass is 10.1. The van der Waals surface area contributed by atoms with Crippen LogP contribution in [0, 0.1) is 0 Å². The van der Waals surface area contributed by atoms with E-state index in [-0.39, 0.29) is 6.04 Å². The number of rotatable bonds is 4. The van der Waals surface area contributed by atoms with Crippen LogP contribution in [0.4, 0.5) is 11.4 Å². The molecule has 2 aliphatic rings. The topological polar surface area (TPSA) is 55.1 Å². The number of nitrogens with one attached hydrogen (secondary N) is 1. The van der Waals surface area contributed by atoms with Crippen molar-refractivity contribution in [3.63, 3.8) is 0 Å². The van der Waals surface area contributed by atoms with Crippen LogP contribution < -0.4 is 10.7 Å². The second kappa shape index (κ2) is 8.03. The minimum absolute atomic E-state index is 0.158. The number of nitrogens with zero attached hydrogens (tertiary/aromatic N) is 4. The second-order valence-electron chi connectivity index (χ2n) is 7.72. The number of aromatic nitrogens is 3. The molecule has 1 aliphatic carbocycles. The van der Waals surface area contributed by atoms with Gasteiger partial charge in [-0.2, -0.15) is 0 Å².